The molecule has 2 aliphatic heterocycles. The second kappa shape index (κ2) is 5.58. The molecule has 0 saturated carbocycles. The van der Waals surface area contributed by atoms with Gasteiger partial charge in [0, 0.05) is 18.1 Å². The van der Waals surface area contributed by atoms with E-state index in [9.17, 15) is 8.42 Å². The molecule has 2 fully saturated rings. The zero-order valence-electron chi connectivity index (χ0n) is 10.3. The van der Waals surface area contributed by atoms with Gasteiger partial charge in [-0.15, -0.1) is 12.4 Å². The van der Waals surface area contributed by atoms with Gasteiger partial charge in [0.15, 0.2) is 0 Å². The van der Waals surface area contributed by atoms with Crippen LogP contribution in [0, 0.1) is 11.8 Å². The number of nitrogens with zero attached hydrogens (tertiary/aromatic N) is 1. The minimum absolute atomic E-state index is 0. The van der Waals surface area contributed by atoms with Gasteiger partial charge in [0.25, 0.3) is 0 Å². The largest absolute Gasteiger partial charge is 0.316 e. The van der Waals surface area contributed by atoms with Crippen molar-refractivity contribution >= 4 is 34.0 Å². The van der Waals surface area contributed by atoms with E-state index in [1.165, 1.54) is 0 Å². The highest BCUT2D eigenvalue weighted by Crippen LogP contribution is 2.30. The van der Waals surface area contributed by atoms with Gasteiger partial charge in [-0.1, -0.05) is 11.6 Å². The van der Waals surface area contributed by atoms with Crippen LogP contribution in [0.1, 0.15) is 0 Å². The quantitative estimate of drug-likeness (QED) is 0.899. The summed E-state index contributed by atoms with van der Waals surface area (Å²) in [5.41, 5.74) is 0. The first-order valence-electron chi connectivity index (χ1n) is 6.04. The molecule has 2 aliphatic rings. The van der Waals surface area contributed by atoms with E-state index in [2.05, 4.69) is 5.32 Å². The summed E-state index contributed by atoms with van der Waals surface area (Å²) in [5.74, 6) is 0.930. The summed E-state index contributed by atoms with van der Waals surface area (Å²) in [7, 11) is -3.35. The van der Waals surface area contributed by atoms with Gasteiger partial charge in [0.1, 0.15) is 0 Å². The molecule has 1 N–H and O–H groups in total. The minimum atomic E-state index is -3.35. The lowest BCUT2D eigenvalue weighted by molar-refractivity contribution is 0.448. The normalized spacial score (nSPS) is 27.0. The number of hydrogen-bond acceptors (Lipinski definition) is 3. The van der Waals surface area contributed by atoms with Crippen LogP contribution < -0.4 is 5.32 Å². The number of nitrogens with one attached hydrogen (secondary N) is 1. The summed E-state index contributed by atoms with van der Waals surface area (Å²) < 4.78 is 26.5. The predicted octanol–water partition coefficient (Wildman–Crippen LogP) is 1.60. The van der Waals surface area contributed by atoms with Crippen LogP contribution in [0.3, 0.4) is 0 Å². The van der Waals surface area contributed by atoms with Crippen LogP contribution >= 0.6 is 24.0 Å². The number of sulfonamides is 1. The van der Waals surface area contributed by atoms with E-state index in [-0.39, 0.29) is 12.4 Å². The van der Waals surface area contributed by atoms with Crippen LogP contribution in [0.4, 0.5) is 0 Å². The summed E-state index contributed by atoms with van der Waals surface area (Å²) >= 11 is 5.78. The average molecular weight is 323 g/mol. The summed E-state index contributed by atoms with van der Waals surface area (Å²) in [5, 5.41) is 3.86. The molecule has 0 spiro atoms. The highest BCUT2D eigenvalue weighted by atomic mass is 35.5. The summed E-state index contributed by atoms with van der Waals surface area (Å²) in [6.45, 7) is 3.11. The zero-order valence-corrected chi connectivity index (χ0v) is 12.6. The fourth-order valence-corrected chi connectivity index (χ4v) is 4.44. The van der Waals surface area contributed by atoms with Gasteiger partial charge >= 0.3 is 0 Å². The molecule has 1 aromatic rings. The number of rotatable bonds is 2. The molecule has 3 rings (SSSR count). The molecule has 2 atom stereocenters. The Bertz CT molecular complexity index is 535. The molecular weight excluding hydrogens is 307 g/mol. The molecular formula is C12H16Cl2N2O2S. The van der Waals surface area contributed by atoms with Crippen molar-refractivity contribution in [1.82, 2.24) is 9.62 Å². The first kappa shape index (κ1) is 15.1. The van der Waals surface area contributed by atoms with Gasteiger partial charge in [0.05, 0.1) is 4.90 Å². The first-order chi connectivity index (χ1) is 8.57. The Balaban J connectivity index is 0.00000133. The van der Waals surface area contributed by atoms with E-state index in [1.54, 1.807) is 28.6 Å². The molecule has 1 aromatic carbocycles. The Labute approximate surface area is 124 Å². The van der Waals surface area contributed by atoms with Gasteiger partial charge in [-0.05, 0) is 49.2 Å². The maximum atomic E-state index is 12.4. The van der Waals surface area contributed by atoms with Crippen LogP contribution in [-0.2, 0) is 10.0 Å². The second-order valence-corrected chi connectivity index (χ2v) is 7.33. The molecule has 0 aliphatic carbocycles. The molecule has 7 heteroatoms. The lowest BCUT2D eigenvalue weighted by Gasteiger charge is -2.17. The smallest absolute Gasteiger partial charge is 0.243 e. The molecule has 2 heterocycles. The van der Waals surface area contributed by atoms with E-state index in [1.807, 2.05) is 0 Å². The minimum Gasteiger partial charge on any atom is -0.316 e. The van der Waals surface area contributed by atoms with Crippen molar-refractivity contribution in [2.45, 2.75) is 4.90 Å². The lowest BCUT2D eigenvalue weighted by Crippen LogP contribution is -2.31. The Hall–Kier alpha value is -0.330. The van der Waals surface area contributed by atoms with Crippen LogP contribution in [-0.4, -0.2) is 38.9 Å². The first-order valence-corrected chi connectivity index (χ1v) is 7.85. The number of benzene rings is 1. The van der Waals surface area contributed by atoms with Gasteiger partial charge < -0.3 is 5.32 Å². The standard InChI is InChI=1S/C12H15ClN2O2S.ClH/c13-11-1-3-12(4-2-11)18(16,17)15-7-9-5-14-6-10(9)8-15;/h1-4,9-10,14H,5-8H2;1H/t9-,10+;. The average Bonchev–Trinajstić information content (AvgIpc) is 2.89. The van der Waals surface area contributed by atoms with Crippen molar-refractivity contribution in [2.75, 3.05) is 26.2 Å². The van der Waals surface area contributed by atoms with E-state index in [0.29, 0.717) is 34.8 Å². The Morgan fingerprint density at radius 3 is 2.16 bits per heavy atom. The van der Waals surface area contributed by atoms with Crippen molar-refractivity contribution in [2.24, 2.45) is 11.8 Å². The lowest BCUT2D eigenvalue weighted by atomic mass is 10.0. The topological polar surface area (TPSA) is 49.4 Å². The van der Waals surface area contributed by atoms with Crippen molar-refractivity contribution in [1.29, 1.82) is 0 Å². The van der Waals surface area contributed by atoms with Crippen molar-refractivity contribution in [3.63, 3.8) is 0 Å². The van der Waals surface area contributed by atoms with Crippen LogP contribution in [0.15, 0.2) is 29.2 Å². The maximum absolute atomic E-state index is 12.4. The maximum Gasteiger partial charge on any atom is 0.243 e. The van der Waals surface area contributed by atoms with Crippen LogP contribution in [0.2, 0.25) is 5.02 Å². The van der Waals surface area contributed by atoms with E-state index < -0.39 is 10.0 Å². The monoisotopic (exact) mass is 322 g/mol. The van der Waals surface area contributed by atoms with Gasteiger partial charge in [-0.3, -0.25) is 0 Å². The fourth-order valence-electron chi connectivity index (χ4n) is 2.76. The van der Waals surface area contributed by atoms with E-state index >= 15 is 0 Å². The molecule has 0 unspecified atom stereocenters. The van der Waals surface area contributed by atoms with Crippen molar-refractivity contribution < 1.29 is 8.42 Å². The van der Waals surface area contributed by atoms with Crippen molar-refractivity contribution in [3.8, 4) is 0 Å². The van der Waals surface area contributed by atoms with E-state index in [0.717, 1.165) is 13.1 Å². The fraction of sp³-hybridized carbons (Fsp3) is 0.500. The van der Waals surface area contributed by atoms with Gasteiger partial charge in [0.2, 0.25) is 10.0 Å². The van der Waals surface area contributed by atoms with Crippen LogP contribution in [0.25, 0.3) is 0 Å². The SMILES string of the molecule is Cl.O=S(=O)(c1ccc(Cl)cc1)N1C[C@H]2CNC[C@H]2C1. The summed E-state index contributed by atoms with van der Waals surface area (Å²) in [4.78, 5) is 0.333. The molecule has 2 saturated heterocycles. The third-order valence-corrected chi connectivity index (χ3v) is 5.91. The molecule has 0 amide bonds. The molecule has 0 bridgehead atoms. The summed E-state index contributed by atoms with van der Waals surface area (Å²) in [6.07, 6.45) is 0. The third-order valence-electron chi connectivity index (χ3n) is 3.81. The van der Waals surface area contributed by atoms with Gasteiger partial charge in [-0.25, -0.2) is 8.42 Å². The zero-order chi connectivity index (χ0) is 12.8. The van der Waals surface area contributed by atoms with Crippen LogP contribution in [0.5, 0.6) is 0 Å². The summed E-state index contributed by atoms with van der Waals surface area (Å²) in [6, 6.07) is 6.38. The highest BCUT2D eigenvalue weighted by Gasteiger charge is 2.41. The third kappa shape index (κ3) is 2.76. The Morgan fingerprint density at radius 2 is 1.63 bits per heavy atom. The molecule has 106 valence electrons. The number of fused-ring (bicyclic) bond motifs is 1. The number of halogens is 2. The molecule has 4 nitrogen and oxygen atoms in total. The van der Waals surface area contributed by atoms with Crippen molar-refractivity contribution in [3.05, 3.63) is 29.3 Å². The number of hydrogen-bond donors (Lipinski definition) is 1. The molecule has 19 heavy (non-hydrogen) atoms. The Morgan fingerprint density at radius 1 is 1.11 bits per heavy atom. The molecule has 0 radical (unpaired) electrons. The van der Waals surface area contributed by atoms with Gasteiger partial charge in [-0.2, -0.15) is 4.31 Å². The highest BCUT2D eigenvalue weighted by molar-refractivity contribution is 7.89. The Kier molecular flexibility index (Phi) is 4.42. The molecule has 0 aromatic heterocycles. The van der Waals surface area contributed by atoms with E-state index in [4.69, 9.17) is 11.6 Å². The predicted molar refractivity (Wildman–Crippen MR) is 77.3 cm³/mol. The second-order valence-electron chi connectivity index (χ2n) is 4.95.